The maximum absolute atomic E-state index is 12.6. The van der Waals surface area contributed by atoms with E-state index in [4.69, 9.17) is 18.9 Å². The Balaban J connectivity index is 0.00000363. The zero-order valence-corrected chi connectivity index (χ0v) is 20.1. The average molecular weight is 474 g/mol. The first-order valence-electron chi connectivity index (χ1n) is 9.09. The van der Waals surface area contributed by atoms with Gasteiger partial charge in [-0.2, -0.15) is 0 Å². The molecule has 10 nitrogen and oxygen atoms in total. The molecule has 1 fully saturated rings. The van der Waals surface area contributed by atoms with Crippen molar-refractivity contribution in [1.29, 1.82) is 0 Å². The van der Waals surface area contributed by atoms with E-state index < -0.39 is 46.9 Å². The minimum Gasteiger partial charge on any atom is -0.726 e. The summed E-state index contributed by atoms with van der Waals surface area (Å²) in [5.41, 5.74) is 0.359. The van der Waals surface area contributed by atoms with E-state index in [9.17, 15) is 22.6 Å². The number of carbonyl (C=O) groups excluding carboxylic acids is 2. The van der Waals surface area contributed by atoms with Crippen LogP contribution in [-0.4, -0.2) is 63.2 Å². The van der Waals surface area contributed by atoms with Gasteiger partial charge in [0.1, 0.15) is 0 Å². The van der Waals surface area contributed by atoms with E-state index in [0.717, 1.165) is 0 Å². The summed E-state index contributed by atoms with van der Waals surface area (Å²) in [7, 11) is -4.06. The fourth-order valence-corrected chi connectivity index (χ4v) is 3.45. The zero-order chi connectivity index (χ0) is 22.4. The fourth-order valence-electron chi connectivity index (χ4n) is 2.97. The Morgan fingerprint density at radius 1 is 0.906 bits per heavy atom. The smallest absolute Gasteiger partial charge is 0.726 e. The van der Waals surface area contributed by atoms with Crippen molar-refractivity contribution in [2.45, 2.75) is 24.6 Å². The number of carbonyl (C=O) groups is 2. The van der Waals surface area contributed by atoms with Gasteiger partial charge in [-0.05, 0) is 24.3 Å². The van der Waals surface area contributed by atoms with Crippen LogP contribution in [0, 0.1) is 0 Å². The van der Waals surface area contributed by atoms with Gasteiger partial charge >= 0.3 is 41.5 Å². The normalized spacial score (nSPS) is 22.9. The number of hydrogen-bond donors (Lipinski definition) is 0. The minimum absolute atomic E-state index is 0. The average Bonchev–Trinajstić information content (AvgIpc) is 2.76. The van der Waals surface area contributed by atoms with E-state index in [1.165, 1.54) is 31.4 Å². The van der Waals surface area contributed by atoms with Gasteiger partial charge in [0.05, 0.1) is 17.7 Å². The van der Waals surface area contributed by atoms with Crippen LogP contribution in [0.2, 0.25) is 0 Å². The third-order valence-corrected chi connectivity index (χ3v) is 4.82. The van der Waals surface area contributed by atoms with Crippen molar-refractivity contribution in [1.82, 2.24) is 0 Å². The maximum Gasteiger partial charge on any atom is 1.00 e. The van der Waals surface area contributed by atoms with Crippen LogP contribution in [0.4, 0.5) is 0 Å². The Bertz CT molecular complexity index is 1000. The molecule has 32 heavy (non-hydrogen) atoms. The Morgan fingerprint density at radius 3 is 1.88 bits per heavy atom. The Labute approximate surface area is 207 Å². The van der Waals surface area contributed by atoms with Gasteiger partial charge in [-0.15, -0.1) is 0 Å². The molecule has 12 heteroatoms. The SMILES string of the molecule is CO[C@@H]1OC[C@H](OC(=O)c2ccccc2)[C@@H](OC(=O)c2ccccc2)[C@H]1OS(=O)(=O)[O-].[Na+]. The van der Waals surface area contributed by atoms with Crippen molar-refractivity contribution < 1.29 is 75.2 Å². The van der Waals surface area contributed by atoms with Crippen molar-refractivity contribution in [3.63, 3.8) is 0 Å². The van der Waals surface area contributed by atoms with Gasteiger partial charge < -0.3 is 23.5 Å². The molecule has 1 aliphatic heterocycles. The monoisotopic (exact) mass is 474 g/mol. The summed E-state index contributed by atoms with van der Waals surface area (Å²) < 4.78 is 59.5. The summed E-state index contributed by atoms with van der Waals surface area (Å²) in [4.78, 5) is 25.1. The molecule has 0 radical (unpaired) electrons. The van der Waals surface area contributed by atoms with Crippen molar-refractivity contribution in [3.8, 4) is 0 Å². The summed E-state index contributed by atoms with van der Waals surface area (Å²) in [5, 5.41) is 0. The predicted octanol–water partition coefficient (Wildman–Crippen LogP) is -1.71. The molecule has 0 saturated carbocycles. The van der Waals surface area contributed by atoms with Gasteiger partial charge in [0.15, 0.2) is 24.6 Å². The Hall–Kier alpha value is -1.83. The maximum atomic E-state index is 12.6. The molecule has 3 rings (SSSR count). The molecule has 4 atom stereocenters. The van der Waals surface area contributed by atoms with Crippen molar-refractivity contribution in [2.24, 2.45) is 0 Å². The Kier molecular flexibility index (Phi) is 9.80. The molecule has 0 unspecified atom stereocenters. The van der Waals surface area contributed by atoms with Crippen LogP contribution in [0.5, 0.6) is 0 Å². The van der Waals surface area contributed by atoms with E-state index in [1.807, 2.05) is 0 Å². The number of esters is 2. The van der Waals surface area contributed by atoms with Crippen LogP contribution in [0.1, 0.15) is 20.7 Å². The molecule has 0 spiro atoms. The predicted molar refractivity (Wildman–Crippen MR) is 103 cm³/mol. The van der Waals surface area contributed by atoms with Crippen molar-refractivity contribution >= 4 is 22.3 Å². The van der Waals surface area contributed by atoms with E-state index >= 15 is 0 Å². The number of ether oxygens (including phenoxy) is 4. The molecule has 1 saturated heterocycles. The van der Waals surface area contributed by atoms with E-state index in [0.29, 0.717) is 0 Å². The largest absolute Gasteiger partial charge is 1.00 e. The molecule has 1 aliphatic rings. The van der Waals surface area contributed by atoms with Crippen LogP contribution in [0.3, 0.4) is 0 Å². The minimum atomic E-state index is -5.25. The first-order valence-corrected chi connectivity index (χ1v) is 10.4. The molecule has 0 aromatic heterocycles. The summed E-state index contributed by atoms with van der Waals surface area (Å²) in [6.07, 6.45) is -5.87. The molecular weight excluding hydrogens is 455 g/mol. The zero-order valence-electron chi connectivity index (χ0n) is 17.3. The second-order valence-corrected chi connectivity index (χ2v) is 7.46. The van der Waals surface area contributed by atoms with Gasteiger partial charge in [0.25, 0.3) is 0 Å². The topological polar surface area (TPSA) is 137 Å². The molecule has 166 valence electrons. The number of methoxy groups -OCH3 is 1. The molecule has 2 aromatic rings. The van der Waals surface area contributed by atoms with Gasteiger partial charge in [-0.1, -0.05) is 36.4 Å². The number of rotatable bonds is 7. The molecule has 0 bridgehead atoms. The van der Waals surface area contributed by atoms with Crippen LogP contribution in [0.15, 0.2) is 60.7 Å². The van der Waals surface area contributed by atoms with Crippen molar-refractivity contribution in [2.75, 3.05) is 13.7 Å². The van der Waals surface area contributed by atoms with E-state index in [2.05, 4.69) is 4.18 Å². The first kappa shape index (κ1) is 26.4. The van der Waals surface area contributed by atoms with Crippen LogP contribution >= 0.6 is 0 Å². The standard InChI is InChI=1S/C20H20O10S.Na/c1-26-20-17(30-31(23,24)25)16(29-19(22)14-10-6-3-7-11-14)15(12-27-20)28-18(21)13-8-4-2-5-9-13;/h2-11,15-17,20H,12H2,1H3,(H,23,24,25);/q;+1/p-1/t15-,16+,17+,20+;/m0./s1. The molecule has 0 amide bonds. The fraction of sp³-hybridized carbons (Fsp3) is 0.300. The number of hydrogen-bond acceptors (Lipinski definition) is 10. The summed E-state index contributed by atoms with van der Waals surface area (Å²) in [5.74, 6) is -1.62. The number of benzene rings is 2. The summed E-state index contributed by atoms with van der Waals surface area (Å²) in [6, 6.07) is 15.8. The van der Waals surface area contributed by atoms with Crippen LogP contribution < -0.4 is 29.6 Å². The van der Waals surface area contributed by atoms with Gasteiger partial charge in [0, 0.05) is 7.11 Å². The quantitative estimate of drug-likeness (QED) is 0.197. The van der Waals surface area contributed by atoms with Gasteiger partial charge in [0.2, 0.25) is 10.4 Å². The summed E-state index contributed by atoms with van der Waals surface area (Å²) >= 11 is 0. The van der Waals surface area contributed by atoms with Crippen molar-refractivity contribution in [3.05, 3.63) is 71.8 Å². The molecule has 1 heterocycles. The second-order valence-electron chi connectivity index (χ2n) is 6.45. The van der Waals surface area contributed by atoms with Crippen LogP contribution in [0.25, 0.3) is 0 Å². The van der Waals surface area contributed by atoms with E-state index in [-0.39, 0.29) is 47.3 Å². The first-order chi connectivity index (χ1) is 14.8. The third-order valence-electron chi connectivity index (χ3n) is 4.37. The van der Waals surface area contributed by atoms with E-state index in [1.54, 1.807) is 36.4 Å². The Morgan fingerprint density at radius 2 is 1.41 bits per heavy atom. The third kappa shape index (κ3) is 7.09. The van der Waals surface area contributed by atoms with Gasteiger partial charge in [-0.25, -0.2) is 18.0 Å². The van der Waals surface area contributed by atoms with Gasteiger partial charge in [-0.3, -0.25) is 4.18 Å². The van der Waals surface area contributed by atoms with Crippen LogP contribution in [-0.2, 0) is 33.5 Å². The summed E-state index contributed by atoms with van der Waals surface area (Å²) in [6.45, 7) is -0.303. The molecule has 0 N–H and O–H groups in total. The molecular formula is C20H19NaO10S. The molecule has 2 aromatic carbocycles. The molecule has 0 aliphatic carbocycles. The second kappa shape index (κ2) is 11.9.